The number of aromatic nitrogens is 16. The van der Waals surface area contributed by atoms with Crippen LogP contribution >= 0.6 is 68.6 Å². The normalized spacial score (nSPS) is 14.4. The molecule has 0 saturated heterocycles. The molecule has 3 atom stereocenters. The summed E-state index contributed by atoms with van der Waals surface area (Å²) in [5, 5.41) is 19.5. The third-order valence-electron chi connectivity index (χ3n) is 16.6. The third-order valence-corrected chi connectivity index (χ3v) is 21.2. The molecule has 0 unspecified atom stereocenters. The van der Waals surface area contributed by atoms with Crippen LogP contribution in [0.15, 0.2) is 25.3 Å². The Morgan fingerprint density at radius 1 is 0.511 bits per heavy atom. The van der Waals surface area contributed by atoms with E-state index in [0.29, 0.717) is 36.5 Å². The summed E-state index contributed by atoms with van der Waals surface area (Å²) >= 11 is 9.44. The lowest BCUT2D eigenvalue weighted by molar-refractivity contribution is -0.155. The molecule has 0 spiro atoms. The quantitative estimate of drug-likeness (QED) is 0.00253. The number of hydrogen-bond donors (Lipinski definition) is 13. The number of nitrogens with zero attached hydrogens (tertiary/aromatic N) is 17. The van der Waals surface area contributed by atoms with E-state index in [0.717, 1.165) is 51.4 Å². The van der Waals surface area contributed by atoms with Crippen molar-refractivity contribution in [3.05, 3.63) is 30.5 Å². The van der Waals surface area contributed by atoms with Gasteiger partial charge in [-0.25, -0.2) is 30.1 Å². The van der Waals surface area contributed by atoms with Gasteiger partial charge in [0.05, 0.1) is 77.0 Å². The fraction of sp³-hybridized carbons (Fsp3) is 0.662. The number of ether oxygens (including phenoxy) is 7. The lowest BCUT2D eigenvalue weighted by atomic mass is 9.96. The molecule has 3 aliphatic rings. The van der Waals surface area contributed by atoms with Gasteiger partial charge in [-0.3, -0.25) is 23.5 Å². The predicted octanol–water partition coefficient (Wildman–Crippen LogP) is 11.6. The molecule has 8 aromatic rings. The van der Waals surface area contributed by atoms with Gasteiger partial charge in [-0.1, -0.05) is 38.7 Å². The molecule has 3 fully saturated rings. The number of hydrogen-bond acceptors (Lipinski definition) is 36. The van der Waals surface area contributed by atoms with Gasteiger partial charge < -0.3 is 121 Å². The van der Waals surface area contributed by atoms with Gasteiger partial charge in [0.25, 0.3) is 0 Å². The van der Waals surface area contributed by atoms with Crippen LogP contribution in [0.3, 0.4) is 0 Å². The summed E-state index contributed by atoms with van der Waals surface area (Å²) in [5.74, 6) is -2.38. The number of alkyl halides is 12. The molecular formula is C71H117BrCl2F12N28O16P4Si. The summed E-state index contributed by atoms with van der Waals surface area (Å²) in [5.41, 5.74) is 33.8. The van der Waals surface area contributed by atoms with E-state index in [1.54, 1.807) is 55.1 Å². The van der Waals surface area contributed by atoms with Crippen molar-refractivity contribution in [1.29, 1.82) is 5.26 Å². The summed E-state index contributed by atoms with van der Waals surface area (Å²) in [6, 6.07) is -0.634. The van der Waals surface area contributed by atoms with Gasteiger partial charge in [-0.05, 0) is 105 Å². The minimum atomic E-state index is -4.48. The Morgan fingerprint density at radius 3 is 1.01 bits per heavy atom. The first kappa shape index (κ1) is 123. The van der Waals surface area contributed by atoms with Gasteiger partial charge in [0.1, 0.15) is 95.3 Å². The van der Waals surface area contributed by atoms with E-state index in [4.69, 9.17) is 88.5 Å². The zero-order valence-electron chi connectivity index (χ0n) is 74.6. The number of imidazole rings is 4. The summed E-state index contributed by atoms with van der Waals surface area (Å²) in [7, 11) is -12.4. The van der Waals surface area contributed by atoms with Crippen molar-refractivity contribution in [1.82, 2.24) is 88.3 Å². The van der Waals surface area contributed by atoms with Crippen LogP contribution in [0.5, 0.6) is 0 Å². The van der Waals surface area contributed by atoms with Crippen LogP contribution < -0.4 is 60.5 Å². The molecule has 0 radical (unpaired) electrons. The summed E-state index contributed by atoms with van der Waals surface area (Å²) in [6.07, 6.45) is -4.46. The highest BCUT2D eigenvalue weighted by Crippen LogP contribution is 2.40. The molecule has 44 nitrogen and oxygen atoms in total. The molecule has 19 N–H and O–H groups in total. The molecule has 3 saturated carbocycles. The number of rotatable bonds is 36. The zero-order valence-corrected chi connectivity index (χ0v) is 82.4. The largest absolute Gasteiger partial charge is 0.461 e. The first-order chi connectivity index (χ1) is 61.5. The van der Waals surface area contributed by atoms with E-state index in [1.807, 2.05) is 0 Å². The highest BCUT2D eigenvalue weighted by molar-refractivity contribution is 9.26. The van der Waals surface area contributed by atoms with Crippen LogP contribution in [-0.4, -0.2) is 278 Å². The summed E-state index contributed by atoms with van der Waals surface area (Å²) < 4.78 is 235. The number of nitriles is 1. The van der Waals surface area contributed by atoms with Crippen LogP contribution in [0.1, 0.15) is 92.9 Å². The molecule has 0 bridgehead atoms. The molecule has 64 heteroatoms. The second-order valence-electron chi connectivity index (χ2n) is 31.3. The Balaban J connectivity index is 0.000000576. The van der Waals surface area contributed by atoms with Gasteiger partial charge in [0.15, 0.2) is 61.7 Å². The monoisotopic (exact) mass is 2150 g/mol. The molecular weight excluding hydrogens is 2030 g/mol. The maximum atomic E-state index is 13.9. The van der Waals surface area contributed by atoms with E-state index in [-0.39, 0.29) is 164 Å². The maximum absolute atomic E-state index is 13.9. The average Bonchev–Trinajstić information content (AvgIpc) is 1.64. The highest BCUT2D eigenvalue weighted by atomic mass is 79.9. The number of anilines is 7. The number of halogens is 15. The number of carbonyl (C=O) groups excluding carboxylic acids is 3. The van der Waals surface area contributed by atoms with Crippen LogP contribution in [0.25, 0.3) is 44.7 Å². The lowest BCUT2D eigenvalue weighted by Gasteiger charge is -2.30. The van der Waals surface area contributed by atoms with E-state index in [1.165, 1.54) is 55.3 Å². The fourth-order valence-corrected chi connectivity index (χ4v) is 13.9. The number of nitrogen functional groups attached to an aromatic ring is 4. The SMILES string of the molecule is C.CC#N.CP(C)(=O)COCCn1cnc2c(Cl)nc(N)nc21.CP(C)(=O)COCCn1cnc2c(NCC(F)(F)F)nc(N)nc21.C[C@H](N)C(=O)OC1CCC1.C[C@H](NP(=O)(COCCn1cnc2c(NCC(F)(F)F)nc(N)nc21)N[C@@H](C)C(=O)OC1CCC1)C(=O)OC1CCC1.C[Si](C)(C)Br.Cl.NCC(F)(F)F.Nc1nc(NCC(F)(F)F)c2ncn(CCOCP(=O)(O)O)c2n1. The Hall–Kier alpha value is -8.34. The van der Waals surface area contributed by atoms with Crippen molar-refractivity contribution in [2.24, 2.45) is 11.5 Å². The number of esters is 3. The molecule has 11 rings (SSSR count). The molecule has 8 heterocycles. The number of nitrogens with two attached hydrogens (primary N) is 6. The van der Waals surface area contributed by atoms with E-state index < -0.39 is 130 Å². The Kier molecular flexibility index (Phi) is 50.9. The van der Waals surface area contributed by atoms with Gasteiger partial charge in [0.2, 0.25) is 31.2 Å². The van der Waals surface area contributed by atoms with E-state index >= 15 is 0 Å². The van der Waals surface area contributed by atoms with Gasteiger partial charge in [0, 0.05) is 33.1 Å². The van der Waals surface area contributed by atoms with Gasteiger partial charge in [-0.2, -0.15) is 97.8 Å². The summed E-state index contributed by atoms with van der Waals surface area (Å²) in [6.45, 7) is 15.2. The van der Waals surface area contributed by atoms with Crippen LogP contribution in [0.2, 0.25) is 24.8 Å². The number of carbonyl (C=O) groups is 3. The molecule has 135 heavy (non-hydrogen) atoms. The molecule has 3 aliphatic carbocycles. The number of fused-ring (bicyclic) bond motifs is 4. The second-order valence-corrected chi connectivity index (χ2v) is 53.6. The van der Waals surface area contributed by atoms with Crippen molar-refractivity contribution < 1.29 is 128 Å². The lowest BCUT2D eigenvalue weighted by Crippen LogP contribution is -2.44. The molecule has 0 amide bonds. The van der Waals surface area contributed by atoms with Crippen LogP contribution in [-0.2, 0) is 92.0 Å². The minimum Gasteiger partial charge on any atom is -0.461 e. The van der Waals surface area contributed by atoms with Crippen molar-refractivity contribution in [3.8, 4) is 6.07 Å². The third kappa shape index (κ3) is 49.7. The maximum Gasteiger partial charge on any atom is 0.405 e. The predicted molar refractivity (Wildman–Crippen MR) is 492 cm³/mol. The first-order valence-electron chi connectivity index (χ1n) is 40.2. The van der Waals surface area contributed by atoms with Crippen LogP contribution in [0, 0.1) is 11.3 Å². The first-order valence-corrected chi connectivity index (χ1v) is 55.6. The fourth-order valence-electron chi connectivity index (χ4n) is 10.1. The molecule has 766 valence electrons. The van der Waals surface area contributed by atoms with Crippen molar-refractivity contribution in [2.75, 3.05) is 144 Å². The van der Waals surface area contributed by atoms with Crippen molar-refractivity contribution >= 4 is 179 Å². The molecule has 0 aromatic carbocycles. The second kappa shape index (κ2) is 56.0. The van der Waals surface area contributed by atoms with Gasteiger partial charge in [-0.15, -0.1) is 27.7 Å². The Morgan fingerprint density at radius 2 is 0.763 bits per heavy atom. The Labute approximate surface area is 788 Å². The van der Waals surface area contributed by atoms with Crippen LogP contribution in [0.4, 0.5) is 93.9 Å². The zero-order chi connectivity index (χ0) is 100. The molecule has 0 aliphatic heterocycles. The molecule has 8 aromatic heterocycles. The standard InChI is InChI=1S/C24H36F3N8O6P.C12H18F3N6O2P.C10H15ClN5O2P.C10H14F3N6O4P.C7H13NO2.C3H9BrSi.C2H4F3N.C2H3N.CH4.ClH/c1-14(21(36)40-16-5-3-6-16)33-42(38,34-15(2)22(37)41-17-7-4-8-17)13-39-10-9-35-12-30-18-19(29-11-24(25,26)27)31-23(28)32-20(18)35;1-24(2,22)7-23-4-3-21-6-18-8-9(17-5-12(13,14)15)19-11(16)20-10(8)21;1-19(2,17)6-18-4-3-16-5-13-7-8(11)14-10(12)15-9(7)16;11-10(12,13)3-15-7-6-8(18-9(14)17-7)19(4-16-6)1-2-23-5-24(20,21)22;1-5(8)7(9)10-6-3-2-4-6;1-5(2,3)4;3-2(4,5)1-6;1-2-3;;/h12,14-17H,3-11,13H2,1-2H3,(H2,33,34,38)(H3,28,29,31,32);6H,3-5,7H2,1-2H3,(H3,16,17,19,20);5H,3-4,6H2,1-2H3,(H2,12,14,15);4H,1-3,5H2,(H2,20,21,22)(H3,14,15,17,18);5-6H,2-4,8H2,1H3;1-3H3;1,6H2;1H3;1H4;1H/t14-,15-;;;;5-;;;;;/m0...0...../s1. The van der Waals surface area contributed by atoms with Crippen molar-refractivity contribution in [2.45, 2.75) is 200 Å². The Bertz CT molecular complexity index is 5100. The summed E-state index contributed by atoms with van der Waals surface area (Å²) in [4.78, 5) is 101. The number of nitrogens with one attached hydrogen (secondary N) is 5. The minimum absolute atomic E-state index is 0. The topological polar surface area (TPSA) is 639 Å². The highest BCUT2D eigenvalue weighted by Gasteiger charge is 2.37. The van der Waals surface area contributed by atoms with E-state index in [9.17, 15) is 85.3 Å². The average molecular weight is 2150 g/mol. The van der Waals surface area contributed by atoms with Crippen molar-refractivity contribution in [3.63, 3.8) is 0 Å². The van der Waals surface area contributed by atoms with Gasteiger partial charge >= 0.3 is 50.2 Å². The smallest absolute Gasteiger partial charge is 0.405 e. The van der Waals surface area contributed by atoms with E-state index in [2.05, 4.69) is 127 Å².